The summed E-state index contributed by atoms with van der Waals surface area (Å²) in [5.74, 6) is -0.341. The van der Waals surface area contributed by atoms with E-state index in [-0.39, 0.29) is 11.6 Å². The number of rotatable bonds is 4. The van der Waals surface area contributed by atoms with Gasteiger partial charge in [0.2, 0.25) is 0 Å². The van der Waals surface area contributed by atoms with E-state index in [1.165, 1.54) is 0 Å². The van der Waals surface area contributed by atoms with E-state index in [9.17, 15) is 14.7 Å². The molecule has 1 aromatic carbocycles. The van der Waals surface area contributed by atoms with Crippen LogP contribution in [-0.4, -0.2) is 20.6 Å². The molecule has 0 spiro atoms. The Hall–Kier alpha value is -2.95. The largest absolute Gasteiger partial charge is 0.481 e. The lowest BCUT2D eigenvalue weighted by Crippen LogP contribution is -2.32. The maximum atomic E-state index is 12.9. The molecular weight excluding hydrogens is 316 g/mol. The van der Waals surface area contributed by atoms with Crippen molar-refractivity contribution in [2.75, 3.05) is 0 Å². The fourth-order valence-corrected chi connectivity index (χ4v) is 3.52. The van der Waals surface area contributed by atoms with Gasteiger partial charge in [-0.05, 0) is 30.6 Å². The first-order chi connectivity index (χ1) is 12.1. The monoisotopic (exact) mass is 334 g/mol. The van der Waals surface area contributed by atoms with Crippen molar-refractivity contribution in [1.82, 2.24) is 9.55 Å². The number of aromatic nitrogens is 2. The zero-order valence-electron chi connectivity index (χ0n) is 13.8. The lowest BCUT2D eigenvalue weighted by atomic mass is 10.0. The summed E-state index contributed by atoms with van der Waals surface area (Å²) in [6.45, 7) is 1.92. The summed E-state index contributed by atoms with van der Waals surface area (Å²) >= 11 is 0. The first-order valence-corrected chi connectivity index (χ1v) is 8.38. The second-order valence-electron chi connectivity index (χ2n) is 6.51. The first-order valence-electron chi connectivity index (χ1n) is 8.38. The number of carboxylic acid groups (broad SMARTS) is 1. The highest BCUT2D eigenvalue weighted by Crippen LogP contribution is 2.59. The van der Waals surface area contributed by atoms with Crippen molar-refractivity contribution in [2.45, 2.75) is 25.8 Å². The lowest BCUT2D eigenvalue weighted by molar-refractivity contribution is -0.141. The van der Waals surface area contributed by atoms with E-state index in [4.69, 9.17) is 0 Å². The number of hydrogen-bond donors (Lipinski definition) is 1. The molecule has 1 aromatic heterocycles. The van der Waals surface area contributed by atoms with Gasteiger partial charge in [-0.15, -0.1) is 0 Å². The van der Waals surface area contributed by atoms with Gasteiger partial charge < -0.3 is 5.11 Å². The quantitative estimate of drug-likeness (QED) is 0.933. The Morgan fingerprint density at radius 1 is 1.36 bits per heavy atom. The van der Waals surface area contributed by atoms with Crippen LogP contribution in [0, 0.1) is 5.41 Å². The molecule has 2 atom stereocenters. The first kappa shape index (κ1) is 15.6. The average molecular weight is 334 g/mol. The van der Waals surface area contributed by atoms with Gasteiger partial charge in [0.25, 0.3) is 5.56 Å². The summed E-state index contributed by atoms with van der Waals surface area (Å²) in [4.78, 5) is 29.1. The van der Waals surface area contributed by atoms with Crippen LogP contribution >= 0.6 is 0 Å². The Labute approximate surface area is 145 Å². The summed E-state index contributed by atoms with van der Waals surface area (Å²) in [5, 5.41) is 9.45. The minimum absolute atomic E-state index is 0.127. The molecule has 2 aromatic rings. The predicted molar refractivity (Wildman–Crippen MR) is 96.0 cm³/mol. The van der Waals surface area contributed by atoms with Crippen molar-refractivity contribution >= 4 is 24.2 Å². The van der Waals surface area contributed by atoms with Crippen LogP contribution < -0.4 is 5.56 Å². The van der Waals surface area contributed by atoms with E-state index in [1.807, 2.05) is 49.4 Å². The number of benzene rings is 1. The summed E-state index contributed by atoms with van der Waals surface area (Å²) < 4.78 is 1.56. The van der Waals surface area contributed by atoms with Gasteiger partial charge in [0.05, 0.1) is 11.7 Å². The normalized spacial score (nSPS) is 23.3. The van der Waals surface area contributed by atoms with Crippen molar-refractivity contribution < 1.29 is 9.90 Å². The zero-order valence-corrected chi connectivity index (χ0v) is 13.8. The lowest BCUT2D eigenvalue weighted by Gasteiger charge is -2.19. The summed E-state index contributed by atoms with van der Waals surface area (Å²) in [6.07, 6.45) is 8.14. The van der Waals surface area contributed by atoms with Crippen molar-refractivity contribution in [3.8, 4) is 0 Å². The van der Waals surface area contributed by atoms with Crippen molar-refractivity contribution in [3.63, 3.8) is 0 Å². The molecule has 126 valence electrons. The fourth-order valence-electron chi connectivity index (χ4n) is 3.52. The minimum Gasteiger partial charge on any atom is -0.481 e. The number of aliphatic carboxylic acids is 1. The second kappa shape index (κ2) is 5.55. The Morgan fingerprint density at radius 2 is 2.12 bits per heavy atom. The Bertz CT molecular complexity index is 972. The van der Waals surface area contributed by atoms with Gasteiger partial charge in [-0.3, -0.25) is 14.2 Å². The number of hydrogen-bond acceptors (Lipinski definition) is 3. The van der Waals surface area contributed by atoms with Crippen LogP contribution in [0.4, 0.5) is 0 Å². The third-order valence-corrected chi connectivity index (χ3v) is 5.06. The van der Waals surface area contributed by atoms with Gasteiger partial charge in [-0.1, -0.05) is 49.4 Å². The highest BCUT2D eigenvalue weighted by Gasteiger charge is 2.62. The standard InChI is InChI=1S/C20H18N2O3/c1-2-14-15(9-8-13-6-4-3-5-7-13)21-17-10-11-20(19(24)25)12-16(20)22(17)18(14)23/h3-11,16H,2,12H2,1H3,(H,24,25)/b9-8+. The maximum absolute atomic E-state index is 12.9. The van der Waals surface area contributed by atoms with E-state index in [2.05, 4.69) is 4.98 Å². The third-order valence-electron chi connectivity index (χ3n) is 5.06. The Kier molecular flexibility index (Phi) is 3.46. The Morgan fingerprint density at radius 3 is 2.80 bits per heavy atom. The summed E-state index contributed by atoms with van der Waals surface area (Å²) in [7, 11) is 0. The highest BCUT2D eigenvalue weighted by atomic mass is 16.4. The number of fused-ring (bicyclic) bond motifs is 3. The number of nitrogens with zero attached hydrogens (tertiary/aromatic N) is 2. The molecule has 1 aliphatic heterocycles. The van der Waals surface area contributed by atoms with Crippen molar-refractivity contribution in [2.24, 2.45) is 5.41 Å². The third kappa shape index (κ3) is 2.35. The SMILES string of the molecule is CCc1c(/C=C/c2ccccc2)nc2n(c1=O)C1CC1(C(=O)O)C=C2. The number of carboxylic acids is 1. The summed E-state index contributed by atoms with van der Waals surface area (Å²) in [6, 6.07) is 9.51. The van der Waals surface area contributed by atoms with Crippen LogP contribution in [0.5, 0.6) is 0 Å². The van der Waals surface area contributed by atoms with E-state index < -0.39 is 11.4 Å². The van der Waals surface area contributed by atoms with Crippen LogP contribution in [0.1, 0.15) is 42.0 Å². The van der Waals surface area contributed by atoms with Crippen LogP contribution in [-0.2, 0) is 11.2 Å². The molecule has 0 amide bonds. The van der Waals surface area contributed by atoms with Gasteiger partial charge in [0.1, 0.15) is 11.2 Å². The molecule has 1 N–H and O–H groups in total. The van der Waals surface area contributed by atoms with Gasteiger partial charge in [-0.2, -0.15) is 0 Å². The molecule has 25 heavy (non-hydrogen) atoms. The molecule has 0 radical (unpaired) electrons. The minimum atomic E-state index is -0.926. The zero-order chi connectivity index (χ0) is 17.6. The molecule has 0 saturated heterocycles. The molecule has 0 bridgehead atoms. The molecule has 5 nitrogen and oxygen atoms in total. The van der Waals surface area contributed by atoms with Crippen molar-refractivity contribution in [3.05, 3.63) is 69.4 Å². The van der Waals surface area contributed by atoms with E-state index in [0.717, 1.165) is 5.56 Å². The molecule has 4 rings (SSSR count). The molecule has 2 heterocycles. The van der Waals surface area contributed by atoms with Gasteiger partial charge >= 0.3 is 5.97 Å². The average Bonchev–Trinajstić information content (AvgIpc) is 3.37. The molecule has 1 aliphatic carbocycles. The second-order valence-corrected chi connectivity index (χ2v) is 6.51. The van der Waals surface area contributed by atoms with Crippen LogP contribution in [0.3, 0.4) is 0 Å². The van der Waals surface area contributed by atoms with Crippen molar-refractivity contribution in [1.29, 1.82) is 0 Å². The molecule has 2 aliphatic rings. The van der Waals surface area contributed by atoms with E-state index in [0.29, 0.717) is 29.9 Å². The topological polar surface area (TPSA) is 72.2 Å². The molecule has 1 saturated carbocycles. The smallest absolute Gasteiger partial charge is 0.315 e. The Balaban J connectivity index is 1.80. The fraction of sp³-hybridized carbons (Fsp3) is 0.250. The highest BCUT2D eigenvalue weighted by molar-refractivity contribution is 5.84. The molecular formula is C20H18N2O3. The molecule has 1 fully saturated rings. The number of carbonyl (C=O) groups is 1. The van der Waals surface area contributed by atoms with E-state index in [1.54, 1.807) is 16.7 Å². The molecule has 2 unspecified atom stereocenters. The van der Waals surface area contributed by atoms with Gasteiger partial charge in [-0.25, -0.2) is 4.98 Å². The van der Waals surface area contributed by atoms with Crippen LogP contribution in [0.2, 0.25) is 0 Å². The van der Waals surface area contributed by atoms with Gasteiger partial charge in [0, 0.05) is 5.56 Å². The predicted octanol–water partition coefficient (Wildman–Crippen LogP) is 3.02. The molecule has 5 heteroatoms. The van der Waals surface area contributed by atoms with Crippen LogP contribution in [0.15, 0.2) is 41.2 Å². The van der Waals surface area contributed by atoms with Crippen LogP contribution in [0.25, 0.3) is 18.2 Å². The maximum Gasteiger partial charge on any atom is 0.315 e. The van der Waals surface area contributed by atoms with E-state index >= 15 is 0 Å². The summed E-state index contributed by atoms with van der Waals surface area (Å²) in [5.41, 5.74) is 1.25. The van der Waals surface area contributed by atoms with Gasteiger partial charge in [0.15, 0.2) is 0 Å².